The lowest BCUT2D eigenvalue weighted by atomic mass is 10.1. The molecule has 2 heterocycles. The standard InChI is InChI=1S/C20H30N4O2/c1-16-10-17(4-5-20(16)26-3)14-24-8-7-23(15-19(24)6-9-25)13-18-11-21-22(2)12-18/h4-5,10-12,19,25H,6-9,13-15H2,1-3H3/t19-/m1/s1. The van der Waals surface area contributed by atoms with Gasteiger partial charge < -0.3 is 9.84 Å². The molecule has 1 saturated heterocycles. The number of methoxy groups -OCH3 is 1. The molecular weight excluding hydrogens is 328 g/mol. The van der Waals surface area contributed by atoms with Gasteiger partial charge in [-0.15, -0.1) is 0 Å². The molecule has 0 amide bonds. The van der Waals surface area contributed by atoms with Gasteiger partial charge in [-0.25, -0.2) is 0 Å². The highest BCUT2D eigenvalue weighted by molar-refractivity contribution is 5.36. The molecule has 2 aromatic rings. The molecule has 142 valence electrons. The lowest BCUT2D eigenvalue weighted by molar-refractivity contribution is 0.0499. The number of aliphatic hydroxyl groups excluding tert-OH is 1. The average Bonchev–Trinajstić information content (AvgIpc) is 3.02. The van der Waals surface area contributed by atoms with E-state index in [1.165, 1.54) is 16.7 Å². The summed E-state index contributed by atoms with van der Waals surface area (Å²) in [4.78, 5) is 4.96. The monoisotopic (exact) mass is 358 g/mol. The Morgan fingerprint density at radius 3 is 2.73 bits per heavy atom. The number of hydrogen-bond acceptors (Lipinski definition) is 5. The maximum atomic E-state index is 9.52. The molecule has 6 heteroatoms. The molecule has 0 unspecified atom stereocenters. The minimum absolute atomic E-state index is 0.226. The topological polar surface area (TPSA) is 53.8 Å². The molecule has 1 N–H and O–H groups in total. The molecule has 0 bridgehead atoms. The van der Waals surface area contributed by atoms with Gasteiger partial charge in [0.15, 0.2) is 0 Å². The van der Waals surface area contributed by atoms with Crippen molar-refractivity contribution in [1.82, 2.24) is 19.6 Å². The summed E-state index contributed by atoms with van der Waals surface area (Å²) in [6.07, 6.45) is 4.82. The van der Waals surface area contributed by atoms with Crippen LogP contribution in [0.4, 0.5) is 0 Å². The smallest absolute Gasteiger partial charge is 0.121 e. The number of aliphatic hydroxyl groups is 1. The Hall–Kier alpha value is -1.89. The highest BCUT2D eigenvalue weighted by atomic mass is 16.5. The molecule has 0 radical (unpaired) electrons. The van der Waals surface area contributed by atoms with Gasteiger partial charge in [0, 0.05) is 64.2 Å². The SMILES string of the molecule is COc1ccc(CN2CCN(Cc3cnn(C)c3)C[C@H]2CCO)cc1C. The molecule has 1 aliphatic heterocycles. The van der Waals surface area contributed by atoms with Crippen molar-refractivity contribution in [1.29, 1.82) is 0 Å². The van der Waals surface area contributed by atoms with Crippen molar-refractivity contribution in [2.45, 2.75) is 32.5 Å². The molecule has 1 aromatic heterocycles. The fraction of sp³-hybridized carbons (Fsp3) is 0.550. The van der Waals surface area contributed by atoms with Crippen molar-refractivity contribution >= 4 is 0 Å². The molecule has 1 fully saturated rings. The number of rotatable bonds is 7. The van der Waals surface area contributed by atoms with Gasteiger partial charge in [0.1, 0.15) is 5.75 Å². The summed E-state index contributed by atoms with van der Waals surface area (Å²) in [5.41, 5.74) is 3.71. The molecule has 1 aliphatic rings. The Bertz CT molecular complexity index is 716. The van der Waals surface area contributed by atoms with Crippen LogP contribution in [-0.2, 0) is 20.1 Å². The van der Waals surface area contributed by atoms with Crippen molar-refractivity contribution in [3.8, 4) is 5.75 Å². The van der Waals surface area contributed by atoms with Crippen LogP contribution in [0.25, 0.3) is 0 Å². The van der Waals surface area contributed by atoms with Gasteiger partial charge in [0.25, 0.3) is 0 Å². The number of aryl methyl sites for hydroxylation is 2. The summed E-state index contributed by atoms with van der Waals surface area (Å²) in [5, 5.41) is 13.8. The first kappa shape index (κ1) is 18.9. The normalized spacial score (nSPS) is 19.0. The van der Waals surface area contributed by atoms with Crippen LogP contribution in [0.5, 0.6) is 5.75 Å². The van der Waals surface area contributed by atoms with E-state index < -0.39 is 0 Å². The van der Waals surface area contributed by atoms with Crippen LogP contribution in [0.15, 0.2) is 30.6 Å². The largest absolute Gasteiger partial charge is 0.496 e. The van der Waals surface area contributed by atoms with Crippen LogP contribution in [-0.4, -0.2) is 64.1 Å². The number of piperazine rings is 1. The van der Waals surface area contributed by atoms with Crippen molar-refractivity contribution in [2.75, 3.05) is 33.4 Å². The van der Waals surface area contributed by atoms with E-state index in [1.54, 1.807) is 7.11 Å². The van der Waals surface area contributed by atoms with Gasteiger partial charge in [-0.05, 0) is 30.5 Å². The zero-order valence-corrected chi connectivity index (χ0v) is 16.1. The molecule has 0 saturated carbocycles. The van der Waals surface area contributed by atoms with Gasteiger partial charge in [0.05, 0.1) is 13.3 Å². The molecule has 1 aromatic carbocycles. The molecule has 0 spiro atoms. The number of ether oxygens (including phenoxy) is 1. The lowest BCUT2D eigenvalue weighted by Crippen LogP contribution is -2.52. The predicted molar refractivity (Wildman–Crippen MR) is 102 cm³/mol. The summed E-state index contributed by atoms with van der Waals surface area (Å²) in [6.45, 7) is 7.16. The van der Waals surface area contributed by atoms with Crippen LogP contribution in [0.3, 0.4) is 0 Å². The number of benzene rings is 1. The van der Waals surface area contributed by atoms with E-state index in [9.17, 15) is 5.11 Å². The average molecular weight is 358 g/mol. The van der Waals surface area contributed by atoms with E-state index in [2.05, 4.69) is 40.2 Å². The third kappa shape index (κ3) is 4.63. The van der Waals surface area contributed by atoms with E-state index in [-0.39, 0.29) is 6.61 Å². The Balaban J connectivity index is 1.63. The third-order valence-corrected chi connectivity index (χ3v) is 5.16. The third-order valence-electron chi connectivity index (χ3n) is 5.16. The predicted octanol–water partition coefficient (Wildman–Crippen LogP) is 1.81. The van der Waals surface area contributed by atoms with Gasteiger partial charge >= 0.3 is 0 Å². The maximum Gasteiger partial charge on any atom is 0.121 e. The van der Waals surface area contributed by atoms with Crippen LogP contribution in [0.2, 0.25) is 0 Å². The zero-order valence-electron chi connectivity index (χ0n) is 16.1. The van der Waals surface area contributed by atoms with Crippen LogP contribution >= 0.6 is 0 Å². The number of nitrogens with zero attached hydrogens (tertiary/aromatic N) is 4. The quantitative estimate of drug-likeness (QED) is 0.818. The summed E-state index contributed by atoms with van der Waals surface area (Å²) in [5.74, 6) is 0.932. The lowest BCUT2D eigenvalue weighted by Gasteiger charge is -2.41. The summed E-state index contributed by atoms with van der Waals surface area (Å²) >= 11 is 0. The van der Waals surface area contributed by atoms with Crippen molar-refractivity contribution in [3.63, 3.8) is 0 Å². The highest BCUT2D eigenvalue weighted by Gasteiger charge is 2.27. The second kappa shape index (κ2) is 8.66. The van der Waals surface area contributed by atoms with Gasteiger partial charge in [-0.1, -0.05) is 12.1 Å². The molecule has 0 aliphatic carbocycles. The maximum absolute atomic E-state index is 9.52. The van der Waals surface area contributed by atoms with Gasteiger partial charge in [-0.2, -0.15) is 5.10 Å². The van der Waals surface area contributed by atoms with Crippen molar-refractivity contribution in [2.24, 2.45) is 7.05 Å². The Morgan fingerprint density at radius 1 is 1.23 bits per heavy atom. The summed E-state index contributed by atoms with van der Waals surface area (Å²) < 4.78 is 7.21. The first-order valence-corrected chi connectivity index (χ1v) is 9.27. The van der Waals surface area contributed by atoms with Crippen molar-refractivity contribution in [3.05, 3.63) is 47.3 Å². The molecule has 1 atom stereocenters. The second-order valence-electron chi connectivity index (χ2n) is 7.20. The van der Waals surface area contributed by atoms with E-state index in [0.717, 1.165) is 44.9 Å². The minimum Gasteiger partial charge on any atom is -0.496 e. The highest BCUT2D eigenvalue weighted by Crippen LogP contribution is 2.22. The number of hydrogen-bond donors (Lipinski definition) is 1. The van der Waals surface area contributed by atoms with E-state index in [0.29, 0.717) is 6.04 Å². The van der Waals surface area contributed by atoms with Crippen LogP contribution < -0.4 is 4.74 Å². The molecule has 6 nitrogen and oxygen atoms in total. The summed E-state index contributed by atoms with van der Waals surface area (Å²) in [7, 11) is 3.66. The Morgan fingerprint density at radius 2 is 2.08 bits per heavy atom. The summed E-state index contributed by atoms with van der Waals surface area (Å²) in [6, 6.07) is 6.76. The second-order valence-corrected chi connectivity index (χ2v) is 7.20. The first-order valence-electron chi connectivity index (χ1n) is 9.27. The zero-order chi connectivity index (χ0) is 18.5. The van der Waals surface area contributed by atoms with E-state index in [1.807, 2.05) is 24.0 Å². The number of aromatic nitrogens is 2. The Labute approximate surface area is 156 Å². The van der Waals surface area contributed by atoms with Crippen LogP contribution in [0.1, 0.15) is 23.1 Å². The molecule has 3 rings (SSSR count). The van der Waals surface area contributed by atoms with Crippen molar-refractivity contribution < 1.29 is 9.84 Å². The Kier molecular flexibility index (Phi) is 6.29. The minimum atomic E-state index is 0.226. The van der Waals surface area contributed by atoms with Gasteiger partial charge in [-0.3, -0.25) is 14.5 Å². The van der Waals surface area contributed by atoms with E-state index >= 15 is 0 Å². The van der Waals surface area contributed by atoms with Gasteiger partial charge in [0.2, 0.25) is 0 Å². The first-order chi connectivity index (χ1) is 12.6. The van der Waals surface area contributed by atoms with E-state index in [4.69, 9.17) is 4.74 Å². The molecule has 26 heavy (non-hydrogen) atoms. The van der Waals surface area contributed by atoms with Crippen LogP contribution in [0, 0.1) is 6.92 Å². The molecular formula is C20H30N4O2. The fourth-order valence-corrected chi connectivity index (χ4v) is 3.82. The fourth-order valence-electron chi connectivity index (χ4n) is 3.82.